The topological polar surface area (TPSA) is 51.5 Å². The number of carbonyl (C=O) groups is 1. The van der Waals surface area contributed by atoms with Crippen molar-refractivity contribution in [2.24, 2.45) is 0 Å². The van der Waals surface area contributed by atoms with Gasteiger partial charge in [-0.25, -0.2) is 0 Å². The zero-order valence-corrected chi connectivity index (χ0v) is 15.4. The van der Waals surface area contributed by atoms with Crippen molar-refractivity contribution >= 4 is 5.91 Å². The number of carbonyl (C=O) groups excluding carboxylic acids is 1. The second-order valence-corrected chi connectivity index (χ2v) is 6.26. The molecule has 1 unspecified atom stereocenters. The molecule has 0 aliphatic heterocycles. The SMILES string of the molecule is C=CCc1ccccc1OCc1ccc(C(=O)NC(C)c2ccccc2)o1. The summed E-state index contributed by atoms with van der Waals surface area (Å²) in [5.74, 6) is 1.42. The van der Waals surface area contributed by atoms with Crippen LogP contribution in [0.25, 0.3) is 0 Å². The van der Waals surface area contributed by atoms with Crippen LogP contribution in [0.15, 0.2) is 83.8 Å². The van der Waals surface area contributed by atoms with Crippen LogP contribution in [0.4, 0.5) is 0 Å². The highest BCUT2D eigenvalue weighted by Crippen LogP contribution is 2.21. The molecule has 4 heteroatoms. The van der Waals surface area contributed by atoms with Crippen molar-refractivity contribution in [2.75, 3.05) is 0 Å². The molecule has 3 rings (SSSR count). The number of allylic oxidation sites excluding steroid dienone is 1. The molecule has 0 bridgehead atoms. The maximum atomic E-state index is 12.4. The van der Waals surface area contributed by atoms with Gasteiger partial charge in [-0.15, -0.1) is 6.58 Å². The molecule has 0 saturated heterocycles. The fourth-order valence-electron chi connectivity index (χ4n) is 2.79. The monoisotopic (exact) mass is 361 g/mol. The predicted octanol–water partition coefficient (Wildman–Crippen LogP) is 5.08. The molecule has 3 aromatic rings. The van der Waals surface area contributed by atoms with Gasteiger partial charge >= 0.3 is 0 Å². The first-order valence-corrected chi connectivity index (χ1v) is 8.93. The summed E-state index contributed by atoms with van der Waals surface area (Å²) in [7, 11) is 0. The molecule has 1 atom stereocenters. The van der Waals surface area contributed by atoms with E-state index in [1.54, 1.807) is 12.1 Å². The number of benzene rings is 2. The normalized spacial score (nSPS) is 11.6. The van der Waals surface area contributed by atoms with Crippen LogP contribution in [0.2, 0.25) is 0 Å². The highest BCUT2D eigenvalue weighted by molar-refractivity contribution is 5.91. The van der Waals surface area contributed by atoms with Crippen LogP contribution in [0, 0.1) is 0 Å². The fraction of sp³-hybridized carbons (Fsp3) is 0.174. The van der Waals surface area contributed by atoms with Crippen molar-refractivity contribution in [1.29, 1.82) is 0 Å². The third kappa shape index (κ3) is 4.88. The van der Waals surface area contributed by atoms with Gasteiger partial charge in [0.05, 0.1) is 6.04 Å². The van der Waals surface area contributed by atoms with Gasteiger partial charge in [-0.1, -0.05) is 54.6 Å². The first kappa shape index (κ1) is 18.5. The molecule has 0 saturated carbocycles. The lowest BCUT2D eigenvalue weighted by atomic mass is 10.1. The van der Waals surface area contributed by atoms with Crippen LogP contribution in [0.3, 0.4) is 0 Å². The van der Waals surface area contributed by atoms with Gasteiger partial charge < -0.3 is 14.5 Å². The Morgan fingerprint density at radius 1 is 1.11 bits per heavy atom. The highest BCUT2D eigenvalue weighted by atomic mass is 16.5. The number of hydrogen-bond donors (Lipinski definition) is 1. The van der Waals surface area contributed by atoms with E-state index >= 15 is 0 Å². The number of rotatable bonds is 8. The first-order valence-electron chi connectivity index (χ1n) is 8.93. The molecule has 0 aliphatic carbocycles. The van der Waals surface area contributed by atoms with Crippen LogP contribution < -0.4 is 10.1 Å². The molecule has 0 aliphatic rings. The molecule has 2 aromatic carbocycles. The number of hydrogen-bond acceptors (Lipinski definition) is 3. The summed E-state index contributed by atoms with van der Waals surface area (Å²) >= 11 is 0. The van der Waals surface area contributed by atoms with Gasteiger partial charge in [0.25, 0.3) is 5.91 Å². The molecule has 27 heavy (non-hydrogen) atoms. The maximum Gasteiger partial charge on any atom is 0.287 e. The third-order valence-corrected chi connectivity index (χ3v) is 4.24. The smallest absolute Gasteiger partial charge is 0.287 e. The zero-order valence-electron chi connectivity index (χ0n) is 15.4. The molecule has 0 radical (unpaired) electrons. The van der Waals surface area contributed by atoms with Crippen LogP contribution in [0.1, 0.15) is 40.4 Å². The summed E-state index contributed by atoms with van der Waals surface area (Å²) in [6.07, 6.45) is 2.57. The van der Waals surface area contributed by atoms with Crippen molar-refractivity contribution in [2.45, 2.75) is 26.0 Å². The quantitative estimate of drug-likeness (QED) is 0.569. The van der Waals surface area contributed by atoms with Crippen LogP contribution >= 0.6 is 0 Å². The van der Waals surface area contributed by atoms with Crippen LogP contribution in [-0.2, 0) is 13.0 Å². The minimum Gasteiger partial charge on any atom is -0.485 e. The Hall–Kier alpha value is -3.27. The van der Waals surface area contributed by atoms with E-state index in [-0.39, 0.29) is 24.3 Å². The second-order valence-electron chi connectivity index (χ2n) is 6.26. The van der Waals surface area contributed by atoms with E-state index in [1.165, 1.54) is 0 Å². The van der Waals surface area contributed by atoms with Crippen molar-refractivity contribution in [1.82, 2.24) is 5.32 Å². The Morgan fingerprint density at radius 3 is 2.63 bits per heavy atom. The molecule has 0 fully saturated rings. The van der Waals surface area contributed by atoms with Gasteiger partial charge in [0.2, 0.25) is 0 Å². The van der Waals surface area contributed by atoms with E-state index in [4.69, 9.17) is 9.15 Å². The van der Waals surface area contributed by atoms with Crippen molar-refractivity contribution in [3.05, 3.63) is 102 Å². The number of ether oxygens (including phenoxy) is 1. The van der Waals surface area contributed by atoms with Gasteiger partial charge in [0.15, 0.2) is 5.76 Å². The number of furan rings is 1. The Balaban J connectivity index is 1.60. The van der Waals surface area contributed by atoms with E-state index in [1.807, 2.05) is 67.6 Å². The van der Waals surface area contributed by atoms with Gasteiger partial charge in [-0.3, -0.25) is 4.79 Å². The summed E-state index contributed by atoms with van der Waals surface area (Å²) in [5, 5.41) is 2.94. The molecule has 1 N–H and O–H groups in total. The summed E-state index contributed by atoms with van der Waals surface area (Å²) in [6, 6.07) is 20.9. The Kier molecular flexibility index (Phi) is 6.10. The van der Waals surface area contributed by atoms with Crippen molar-refractivity contribution in [3.8, 4) is 5.75 Å². The van der Waals surface area contributed by atoms with Gasteiger partial charge in [0.1, 0.15) is 18.1 Å². The fourth-order valence-corrected chi connectivity index (χ4v) is 2.79. The standard InChI is InChI=1S/C23H23NO3/c1-3-9-19-12-7-8-13-21(19)26-16-20-14-15-22(27-20)23(25)24-17(2)18-10-5-4-6-11-18/h3-8,10-15,17H,1,9,16H2,2H3,(H,24,25). The minimum absolute atomic E-state index is 0.103. The van der Waals surface area contributed by atoms with E-state index in [0.29, 0.717) is 5.76 Å². The Morgan fingerprint density at radius 2 is 1.85 bits per heavy atom. The number of nitrogens with one attached hydrogen (secondary N) is 1. The first-order chi connectivity index (χ1) is 13.2. The predicted molar refractivity (Wildman–Crippen MR) is 106 cm³/mol. The number of amides is 1. The maximum absolute atomic E-state index is 12.4. The summed E-state index contributed by atoms with van der Waals surface area (Å²) < 4.78 is 11.5. The average molecular weight is 361 g/mol. The van der Waals surface area contributed by atoms with E-state index in [9.17, 15) is 4.79 Å². The summed E-state index contributed by atoms with van der Waals surface area (Å²) in [5.41, 5.74) is 2.11. The third-order valence-electron chi connectivity index (χ3n) is 4.24. The van der Waals surface area contributed by atoms with Crippen LogP contribution in [-0.4, -0.2) is 5.91 Å². The lowest BCUT2D eigenvalue weighted by molar-refractivity contribution is 0.0907. The Bertz CT molecular complexity index is 899. The molecule has 1 heterocycles. The Labute approximate surface area is 159 Å². The van der Waals surface area contributed by atoms with E-state index in [2.05, 4.69) is 11.9 Å². The van der Waals surface area contributed by atoms with Gasteiger partial charge in [-0.2, -0.15) is 0 Å². The molecule has 1 amide bonds. The largest absolute Gasteiger partial charge is 0.485 e. The van der Waals surface area contributed by atoms with Crippen molar-refractivity contribution in [3.63, 3.8) is 0 Å². The van der Waals surface area contributed by atoms with Crippen LogP contribution in [0.5, 0.6) is 5.75 Å². The average Bonchev–Trinajstić information content (AvgIpc) is 3.17. The van der Waals surface area contributed by atoms with E-state index < -0.39 is 0 Å². The van der Waals surface area contributed by atoms with Gasteiger partial charge in [-0.05, 0) is 42.7 Å². The zero-order chi connectivity index (χ0) is 19.1. The summed E-state index contributed by atoms with van der Waals surface area (Å²) in [4.78, 5) is 12.4. The molecule has 0 spiro atoms. The number of para-hydroxylation sites is 1. The minimum atomic E-state index is -0.246. The summed E-state index contributed by atoms with van der Waals surface area (Å²) in [6.45, 7) is 5.97. The lowest BCUT2D eigenvalue weighted by Crippen LogP contribution is -2.26. The second kappa shape index (κ2) is 8.90. The van der Waals surface area contributed by atoms with Crippen molar-refractivity contribution < 1.29 is 13.9 Å². The molecule has 138 valence electrons. The molecule has 4 nitrogen and oxygen atoms in total. The molecule has 1 aromatic heterocycles. The molecular formula is C23H23NO3. The molecular weight excluding hydrogens is 338 g/mol. The van der Waals surface area contributed by atoms with Gasteiger partial charge in [0, 0.05) is 0 Å². The lowest BCUT2D eigenvalue weighted by Gasteiger charge is -2.13. The highest BCUT2D eigenvalue weighted by Gasteiger charge is 2.15. The van der Waals surface area contributed by atoms with E-state index in [0.717, 1.165) is 23.3 Å².